The molecule has 0 saturated heterocycles. The Kier molecular flexibility index (Phi) is 6.75. The molecular formula is C17H14Cl2N4O4. The lowest BCUT2D eigenvalue weighted by Crippen LogP contribution is -2.37. The van der Waals surface area contributed by atoms with Gasteiger partial charge in [-0.25, -0.2) is 0 Å². The number of anilines is 1. The van der Waals surface area contributed by atoms with Gasteiger partial charge in [0, 0.05) is 16.8 Å². The largest absolute Gasteiger partial charge is 0.324 e. The molecule has 10 heteroatoms. The number of carbonyl (C=O) groups excluding carboxylic acids is 2. The van der Waals surface area contributed by atoms with Crippen LogP contribution in [0.25, 0.3) is 0 Å². The van der Waals surface area contributed by atoms with E-state index in [-0.39, 0.29) is 28.4 Å². The van der Waals surface area contributed by atoms with Crippen LogP contribution in [0, 0.1) is 10.1 Å². The van der Waals surface area contributed by atoms with Gasteiger partial charge in [0.05, 0.1) is 22.1 Å². The molecule has 0 aliphatic carbocycles. The Balaban J connectivity index is 1.89. The summed E-state index contributed by atoms with van der Waals surface area (Å²) in [5, 5.41) is 14.2. The summed E-state index contributed by atoms with van der Waals surface area (Å²) in [4.78, 5) is 34.4. The van der Waals surface area contributed by atoms with Crippen LogP contribution in [0.2, 0.25) is 10.0 Å². The molecule has 2 aromatic carbocycles. The number of nitrogens with one attached hydrogen (secondary N) is 3. The van der Waals surface area contributed by atoms with E-state index in [1.165, 1.54) is 30.3 Å². The molecule has 0 aromatic heterocycles. The summed E-state index contributed by atoms with van der Waals surface area (Å²) in [6.45, 7) is 3.62. The minimum absolute atomic E-state index is 0.125. The zero-order chi connectivity index (χ0) is 20.0. The molecule has 0 radical (unpaired) electrons. The number of hydrogen-bond donors (Lipinski definition) is 3. The second-order valence-electron chi connectivity index (χ2n) is 5.31. The molecule has 0 aliphatic rings. The van der Waals surface area contributed by atoms with Gasteiger partial charge in [0.2, 0.25) is 5.91 Å². The maximum absolute atomic E-state index is 12.1. The number of nitro groups is 1. The summed E-state index contributed by atoms with van der Waals surface area (Å²) >= 11 is 11.8. The molecule has 3 N–H and O–H groups in total. The van der Waals surface area contributed by atoms with Crippen LogP contribution < -0.4 is 16.2 Å². The summed E-state index contributed by atoms with van der Waals surface area (Å²) in [7, 11) is 0. The lowest BCUT2D eigenvalue weighted by atomic mass is 10.2. The van der Waals surface area contributed by atoms with E-state index in [1.807, 2.05) is 0 Å². The minimum atomic E-state index is -0.732. The Morgan fingerprint density at radius 3 is 2.48 bits per heavy atom. The number of para-hydroxylation sites is 1. The van der Waals surface area contributed by atoms with Crippen LogP contribution in [0.1, 0.15) is 16.8 Å². The van der Waals surface area contributed by atoms with Crippen LogP contribution in [0.3, 0.4) is 0 Å². The highest BCUT2D eigenvalue weighted by Gasteiger charge is 2.19. The second-order valence-corrected chi connectivity index (χ2v) is 6.15. The number of nitrogens with zero attached hydrogens (tertiary/aromatic N) is 1. The number of hydrogen-bond acceptors (Lipinski definition) is 5. The third-order valence-electron chi connectivity index (χ3n) is 3.28. The molecule has 0 atom stereocenters. The number of amides is 2. The van der Waals surface area contributed by atoms with Gasteiger partial charge >= 0.3 is 0 Å². The monoisotopic (exact) mass is 408 g/mol. The quantitative estimate of drug-likeness (QED) is 0.477. The molecule has 8 nitrogen and oxygen atoms in total. The first kappa shape index (κ1) is 20.2. The van der Waals surface area contributed by atoms with Gasteiger partial charge in [0.1, 0.15) is 5.56 Å². The number of rotatable bonds is 7. The smallest absolute Gasteiger partial charge is 0.282 e. The molecule has 2 amide bonds. The molecular weight excluding hydrogens is 395 g/mol. The average Bonchev–Trinajstić information content (AvgIpc) is 2.62. The Hall–Kier alpha value is -3.10. The first-order chi connectivity index (χ1) is 12.8. The number of nitro benzene ring substituents is 1. The van der Waals surface area contributed by atoms with E-state index >= 15 is 0 Å². The van der Waals surface area contributed by atoms with E-state index in [4.69, 9.17) is 23.2 Å². The summed E-state index contributed by atoms with van der Waals surface area (Å²) in [6.07, 6.45) is -0.171. The van der Waals surface area contributed by atoms with E-state index < -0.39 is 16.7 Å². The van der Waals surface area contributed by atoms with Gasteiger partial charge in [-0.05, 0) is 24.3 Å². The maximum Gasteiger partial charge on any atom is 0.282 e. The summed E-state index contributed by atoms with van der Waals surface area (Å²) in [5.74, 6) is -1.17. The highest BCUT2D eigenvalue weighted by atomic mass is 35.5. The molecule has 140 valence electrons. The SMILES string of the molecule is C=C(CC(=O)Nc1ccc(Cl)cc1Cl)NNC(=O)c1ccccc1[N+](=O)[O-]. The van der Waals surface area contributed by atoms with Crippen LogP contribution in [0.5, 0.6) is 0 Å². The van der Waals surface area contributed by atoms with Crippen LogP contribution in [0.15, 0.2) is 54.7 Å². The van der Waals surface area contributed by atoms with Crippen LogP contribution in [0.4, 0.5) is 11.4 Å². The fraction of sp³-hybridized carbons (Fsp3) is 0.0588. The summed E-state index contributed by atoms with van der Waals surface area (Å²) in [5.41, 5.74) is 4.81. The standard InChI is InChI=1S/C17H14Cl2N4O4/c1-10(8-16(24)20-14-7-6-11(18)9-13(14)19)21-22-17(25)12-4-2-3-5-15(12)23(26)27/h2-7,9,21H,1,8H2,(H,20,24)(H,22,25). The van der Waals surface area contributed by atoms with Crippen molar-refractivity contribution in [3.05, 3.63) is 80.5 Å². The Morgan fingerprint density at radius 1 is 1.11 bits per heavy atom. The molecule has 0 fully saturated rings. The van der Waals surface area contributed by atoms with Gasteiger partial charge < -0.3 is 10.7 Å². The topological polar surface area (TPSA) is 113 Å². The second kappa shape index (κ2) is 9.02. The lowest BCUT2D eigenvalue weighted by molar-refractivity contribution is -0.385. The lowest BCUT2D eigenvalue weighted by Gasteiger charge is -2.12. The number of hydrazine groups is 1. The van der Waals surface area contributed by atoms with Crippen molar-refractivity contribution in [2.45, 2.75) is 6.42 Å². The minimum Gasteiger partial charge on any atom is -0.324 e. The fourth-order valence-corrected chi connectivity index (χ4v) is 2.52. The summed E-state index contributed by atoms with van der Waals surface area (Å²) in [6, 6.07) is 10.1. The molecule has 0 spiro atoms. The zero-order valence-corrected chi connectivity index (χ0v) is 15.3. The van der Waals surface area contributed by atoms with E-state index in [9.17, 15) is 19.7 Å². The van der Waals surface area contributed by atoms with Crippen molar-refractivity contribution >= 4 is 46.4 Å². The molecule has 2 aromatic rings. The Bertz CT molecular complexity index is 918. The molecule has 0 saturated carbocycles. The highest BCUT2D eigenvalue weighted by Crippen LogP contribution is 2.25. The maximum atomic E-state index is 12.1. The predicted molar refractivity (Wildman–Crippen MR) is 103 cm³/mol. The van der Waals surface area contributed by atoms with Crippen molar-refractivity contribution < 1.29 is 14.5 Å². The van der Waals surface area contributed by atoms with Crippen LogP contribution >= 0.6 is 23.2 Å². The van der Waals surface area contributed by atoms with Crippen molar-refractivity contribution in [1.29, 1.82) is 0 Å². The third kappa shape index (κ3) is 5.70. The van der Waals surface area contributed by atoms with Gasteiger partial charge in [-0.15, -0.1) is 0 Å². The predicted octanol–water partition coefficient (Wildman–Crippen LogP) is 3.68. The zero-order valence-electron chi connectivity index (χ0n) is 13.8. The van der Waals surface area contributed by atoms with Gasteiger partial charge in [0.15, 0.2) is 0 Å². The van der Waals surface area contributed by atoms with Gasteiger partial charge in [-0.3, -0.25) is 25.1 Å². The molecule has 0 bridgehead atoms. The van der Waals surface area contributed by atoms with Crippen molar-refractivity contribution in [1.82, 2.24) is 10.9 Å². The molecule has 2 rings (SSSR count). The highest BCUT2D eigenvalue weighted by molar-refractivity contribution is 6.36. The molecule has 0 heterocycles. The van der Waals surface area contributed by atoms with Gasteiger partial charge in [0.25, 0.3) is 11.6 Å². The third-order valence-corrected chi connectivity index (χ3v) is 3.83. The fourth-order valence-electron chi connectivity index (χ4n) is 2.06. The van der Waals surface area contributed by atoms with Gasteiger partial charge in [-0.1, -0.05) is 41.9 Å². The number of halogens is 2. The first-order valence-corrected chi connectivity index (χ1v) is 8.26. The van der Waals surface area contributed by atoms with Crippen molar-refractivity contribution in [3.63, 3.8) is 0 Å². The molecule has 27 heavy (non-hydrogen) atoms. The first-order valence-electron chi connectivity index (χ1n) is 7.50. The van der Waals surface area contributed by atoms with Crippen molar-refractivity contribution in [3.8, 4) is 0 Å². The number of benzene rings is 2. The van der Waals surface area contributed by atoms with Gasteiger partial charge in [-0.2, -0.15) is 0 Å². The van der Waals surface area contributed by atoms with E-state index in [1.54, 1.807) is 12.1 Å². The van der Waals surface area contributed by atoms with E-state index in [2.05, 4.69) is 22.7 Å². The Labute approximate surface area is 164 Å². The number of carbonyl (C=O) groups is 2. The molecule has 0 aliphatic heterocycles. The average molecular weight is 409 g/mol. The van der Waals surface area contributed by atoms with E-state index in [0.29, 0.717) is 10.7 Å². The van der Waals surface area contributed by atoms with E-state index in [0.717, 1.165) is 0 Å². The normalized spacial score (nSPS) is 10.0. The van der Waals surface area contributed by atoms with Crippen molar-refractivity contribution in [2.75, 3.05) is 5.32 Å². The van der Waals surface area contributed by atoms with Crippen LogP contribution in [-0.4, -0.2) is 16.7 Å². The summed E-state index contributed by atoms with van der Waals surface area (Å²) < 4.78 is 0. The van der Waals surface area contributed by atoms with Crippen molar-refractivity contribution in [2.24, 2.45) is 0 Å². The van der Waals surface area contributed by atoms with Crippen LogP contribution in [-0.2, 0) is 4.79 Å². The molecule has 0 unspecified atom stereocenters. The Morgan fingerprint density at radius 2 is 1.81 bits per heavy atom.